The molecule has 0 aliphatic heterocycles. The second-order valence-electron chi connectivity index (χ2n) is 5.17. The molecule has 144 valence electrons. The fraction of sp³-hybridized carbons (Fsp3) is 0. The molecule has 0 heterocycles. The summed E-state index contributed by atoms with van der Waals surface area (Å²) in [5.74, 6) is 0.0496. The van der Waals surface area contributed by atoms with Crippen molar-refractivity contribution >= 4 is 57.4 Å². The van der Waals surface area contributed by atoms with Crippen molar-refractivity contribution in [2.45, 2.75) is 0 Å². The normalized spacial score (nSPS) is 9.07. The van der Waals surface area contributed by atoms with E-state index in [0.717, 1.165) is 19.9 Å². The maximum absolute atomic E-state index is 10.2. The van der Waals surface area contributed by atoms with Gasteiger partial charge >= 0.3 is 0 Å². The largest absolute Gasteiger partial charge is 0.507 e. The molecule has 0 aliphatic carbocycles. The van der Waals surface area contributed by atoms with E-state index in [0.29, 0.717) is 23.7 Å². The van der Waals surface area contributed by atoms with E-state index >= 15 is 0 Å². The molecular formula is C21H16BrIO5. The summed E-state index contributed by atoms with van der Waals surface area (Å²) in [6.07, 6.45) is 2.08. The van der Waals surface area contributed by atoms with Crippen molar-refractivity contribution in [1.82, 2.24) is 0 Å². The van der Waals surface area contributed by atoms with Crippen molar-refractivity contribution in [1.29, 1.82) is 0 Å². The Hall–Kier alpha value is -2.52. The van der Waals surface area contributed by atoms with Crippen molar-refractivity contribution in [3.8, 4) is 11.5 Å². The van der Waals surface area contributed by atoms with Crippen molar-refractivity contribution < 1.29 is 24.6 Å². The van der Waals surface area contributed by atoms with Crippen LogP contribution in [0.15, 0.2) is 71.2 Å². The number of carbonyl (C=O) groups excluding carboxylic acids is 3. The second-order valence-corrected chi connectivity index (χ2v) is 7.33. The average Bonchev–Trinajstić information content (AvgIpc) is 2.73. The molecule has 0 unspecified atom stereocenters. The number of halogens is 2. The van der Waals surface area contributed by atoms with Gasteiger partial charge < -0.3 is 10.2 Å². The molecule has 0 saturated heterocycles. The number of hydrogen-bond donors (Lipinski definition) is 2. The molecule has 28 heavy (non-hydrogen) atoms. The summed E-state index contributed by atoms with van der Waals surface area (Å²) >= 11 is 5.24. The smallest absolute Gasteiger partial charge is 0.153 e. The summed E-state index contributed by atoms with van der Waals surface area (Å²) < 4.78 is 1.73. The molecule has 0 aromatic heterocycles. The average molecular weight is 555 g/mol. The summed E-state index contributed by atoms with van der Waals surface area (Å²) in [7, 11) is 0. The minimum absolute atomic E-state index is 0.0122. The predicted octanol–water partition coefficient (Wildman–Crippen LogP) is 5.28. The predicted molar refractivity (Wildman–Crippen MR) is 119 cm³/mol. The van der Waals surface area contributed by atoms with E-state index < -0.39 is 0 Å². The lowest BCUT2D eigenvalue weighted by atomic mass is 10.2. The minimum atomic E-state index is 0.0122. The molecule has 3 aromatic carbocycles. The summed E-state index contributed by atoms with van der Waals surface area (Å²) in [6, 6.07) is 18.7. The second kappa shape index (κ2) is 12.8. The van der Waals surface area contributed by atoms with E-state index in [2.05, 4.69) is 38.5 Å². The van der Waals surface area contributed by atoms with Gasteiger partial charge in [0.2, 0.25) is 0 Å². The standard InChI is InChI=1S/C7H5BrO2.C7H5IO2.C7H6O/c2*8-6-1-2-7(10)5(3-6)4-9;8-6-7-4-2-1-3-5-7/h2*1-4,10H;1-6H. The Balaban J connectivity index is 0.000000212. The molecule has 0 fully saturated rings. The molecule has 2 N–H and O–H groups in total. The van der Waals surface area contributed by atoms with Gasteiger partial charge in [-0.2, -0.15) is 0 Å². The van der Waals surface area contributed by atoms with Crippen LogP contribution in [0.3, 0.4) is 0 Å². The molecule has 0 atom stereocenters. The molecule has 0 saturated carbocycles. The van der Waals surface area contributed by atoms with E-state index in [1.165, 1.54) is 12.1 Å². The number of aromatic hydroxyl groups is 2. The third-order valence-electron chi connectivity index (χ3n) is 3.17. The van der Waals surface area contributed by atoms with Crippen LogP contribution in [-0.4, -0.2) is 29.1 Å². The van der Waals surface area contributed by atoms with Crippen LogP contribution in [0.2, 0.25) is 0 Å². The van der Waals surface area contributed by atoms with Gasteiger partial charge in [-0.15, -0.1) is 0 Å². The van der Waals surface area contributed by atoms with Crippen LogP contribution in [-0.2, 0) is 0 Å². The lowest BCUT2D eigenvalue weighted by Crippen LogP contribution is -1.81. The number of phenolic OH excluding ortho intramolecular Hbond substituents is 2. The SMILES string of the molecule is O=Cc1cc(Br)ccc1O.O=Cc1cc(I)ccc1O.O=Cc1ccccc1. The highest BCUT2D eigenvalue weighted by Gasteiger charge is 1.98. The van der Waals surface area contributed by atoms with Crippen LogP contribution in [0.5, 0.6) is 11.5 Å². The molecular weight excluding hydrogens is 539 g/mol. The lowest BCUT2D eigenvalue weighted by Gasteiger charge is -1.95. The van der Waals surface area contributed by atoms with Gasteiger partial charge in [0.1, 0.15) is 17.8 Å². The monoisotopic (exact) mass is 554 g/mol. The molecule has 3 aromatic rings. The van der Waals surface area contributed by atoms with E-state index in [-0.39, 0.29) is 11.5 Å². The molecule has 7 heteroatoms. The zero-order valence-corrected chi connectivity index (χ0v) is 18.2. The third kappa shape index (κ3) is 8.45. The number of aldehydes is 3. The Morgan fingerprint density at radius 2 is 1.25 bits per heavy atom. The van der Waals surface area contributed by atoms with Crippen molar-refractivity contribution in [3.05, 3.63) is 91.5 Å². The van der Waals surface area contributed by atoms with Gasteiger partial charge in [-0.3, -0.25) is 14.4 Å². The Morgan fingerprint density at radius 1 is 0.714 bits per heavy atom. The Labute approximate surface area is 184 Å². The van der Waals surface area contributed by atoms with E-state index in [1.54, 1.807) is 36.4 Å². The summed E-state index contributed by atoms with van der Waals surface area (Å²) in [5.41, 5.74) is 1.37. The van der Waals surface area contributed by atoms with Gasteiger partial charge in [0.15, 0.2) is 12.6 Å². The maximum Gasteiger partial charge on any atom is 0.153 e. The number of hydrogen-bond acceptors (Lipinski definition) is 5. The van der Waals surface area contributed by atoms with Crippen LogP contribution in [0, 0.1) is 3.57 Å². The quantitative estimate of drug-likeness (QED) is 0.340. The number of benzene rings is 3. The zero-order chi connectivity index (χ0) is 20.9. The van der Waals surface area contributed by atoms with Crippen LogP contribution < -0.4 is 0 Å². The van der Waals surface area contributed by atoms with Gasteiger partial charge in [-0.05, 0) is 59.0 Å². The molecule has 3 rings (SSSR count). The van der Waals surface area contributed by atoms with Crippen LogP contribution in [0.4, 0.5) is 0 Å². The van der Waals surface area contributed by atoms with Crippen LogP contribution in [0.1, 0.15) is 31.1 Å². The number of phenols is 2. The highest BCUT2D eigenvalue weighted by Crippen LogP contribution is 2.19. The van der Waals surface area contributed by atoms with Gasteiger partial charge in [0, 0.05) is 13.6 Å². The van der Waals surface area contributed by atoms with Crippen molar-refractivity contribution in [2.75, 3.05) is 0 Å². The topological polar surface area (TPSA) is 91.7 Å². The zero-order valence-electron chi connectivity index (χ0n) is 14.5. The van der Waals surface area contributed by atoms with Crippen molar-refractivity contribution in [2.24, 2.45) is 0 Å². The van der Waals surface area contributed by atoms with Gasteiger partial charge in [0.05, 0.1) is 11.1 Å². The molecule has 0 radical (unpaired) electrons. The highest BCUT2D eigenvalue weighted by atomic mass is 127. The highest BCUT2D eigenvalue weighted by molar-refractivity contribution is 14.1. The first-order valence-corrected chi connectivity index (χ1v) is 9.66. The first-order valence-electron chi connectivity index (χ1n) is 7.79. The number of rotatable bonds is 3. The van der Waals surface area contributed by atoms with E-state index in [9.17, 15) is 14.4 Å². The fourth-order valence-electron chi connectivity index (χ4n) is 1.77. The molecule has 0 aliphatic rings. The summed E-state index contributed by atoms with van der Waals surface area (Å²) in [6.45, 7) is 0. The first-order chi connectivity index (χ1) is 13.4. The fourth-order valence-corrected chi connectivity index (χ4v) is 2.67. The van der Waals surface area contributed by atoms with E-state index in [4.69, 9.17) is 10.2 Å². The van der Waals surface area contributed by atoms with Crippen LogP contribution in [0.25, 0.3) is 0 Å². The molecule has 0 bridgehead atoms. The molecule has 0 amide bonds. The molecule has 0 spiro atoms. The van der Waals surface area contributed by atoms with Gasteiger partial charge in [-0.1, -0.05) is 46.3 Å². The maximum atomic E-state index is 10.2. The summed E-state index contributed by atoms with van der Waals surface area (Å²) in [5, 5.41) is 18.0. The van der Waals surface area contributed by atoms with Crippen LogP contribution >= 0.6 is 38.5 Å². The Bertz CT molecular complexity index is 874. The first kappa shape index (κ1) is 23.5. The van der Waals surface area contributed by atoms with Gasteiger partial charge in [0.25, 0.3) is 0 Å². The number of carbonyl (C=O) groups is 3. The molecule has 5 nitrogen and oxygen atoms in total. The van der Waals surface area contributed by atoms with Gasteiger partial charge in [-0.25, -0.2) is 0 Å². The Morgan fingerprint density at radius 3 is 1.68 bits per heavy atom. The minimum Gasteiger partial charge on any atom is -0.507 e. The third-order valence-corrected chi connectivity index (χ3v) is 4.33. The summed E-state index contributed by atoms with van der Waals surface area (Å²) in [4.78, 5) is 30.4. The Kier molecular flexibility index (Phi) is 10.7. The van der Waals surface area contributed by atoms with Crippen molar-refractivity contribution in [3.63, 3.8) is 0 Å². The van der Waals surface area contributed by atoms with E-state index in [1.807, 2.05) is 18.2 Å². The lowest BCUT2D eigenvalue weighted by molar-refractivity contribution is 0.111.